The van der Waals surface area contributed by atoms with E-state index in [1.165, 1.54) is 20.9 Å². The molecule has 0 spiro atoms. The van der Waals surface area contributed by atoms with Crippen LogP contribution in [0.25, 0.3) is 30.9 Å². The predicted molar refractivity (Wildman–Crippen MR) is 79.6 cm³/mol. The number of aromatic nitrogens is 1. The van der Waals surface area contributed by atoms with Gasteiger partial charge in [-0.05, 0) is 10.8 Å². The second-order valence-electron chi connectivity index (χ2n) is 4.26. The van der Waals surface area contributed by atoms with Gasteiger partial charge in [0.1, 0.15) is 0 Å². The predicted octanol–water partition coefficient (Wildman–Crippen LogP) is 5.26. The molecular weight excluding hydrogens is 262 g/mol. The largest absolute Gasteiger partial charge is 0.262 e. The smallest absolute Gasteiger partial charge is 0.0767 e. The van der Waals surface area contributed by atoms with Crippen LogP contribution in [0.5, 0.6) is 0 Å². The lowest BCUT2D eigenvalue weighted by Crippen LogP contribution is -1.73. The Labute approximate surface area is 113 Å². The SMILES string of the molecule is Clc1cncc2c1sc1c3ccccc3ccc21. The van der Waals surface area contributed by atoms with Gasteiger partial charge in [-0.15, -0.1) is 11.3 Å². The van der Waals surface area contributed by atoms with Crippen LogP contribution in [0, 0.1) is 0 Å². The topological polar surface area (TPSA) is 12.9 Å². The lowest BCUT2D eigenvalue weighted by atomic mass is 10.1. The summed E-state index contributed by atoms with van der Waals surface area (Å²) < 4.78 is 2.41. The molecule has 2 aromatic heterocycles. The summed E-state index contributed by atoms with van der Waals surface area (Å²) in [5, 5.41) is 5.67. The molecule has 0 atom stereocenters. The maximum atomic E-state index is 6.23. The highest BCUT2D eigenvalue weighted by atomic mass is 35.5. The monoisotopic (exact) mass is 269 g/mol. The van der Waals surface area contributed by atoms with Gasteiger partial charge in [0.15, 0.2) is 0 Å². The zero-order valence-corrected chi connectivity index (χ0v) is 10.9. The number of hydrogen-bond donors (Lipinski definition) is 0. The molecule has 0 aliphatic carbocycles. The Balaban J connectivity index is 2.33. The van der Waals surface area contributed by atoms with E-state index in [1.807, 2.05) is 6.20 Å². The molecule has 0 unspecified atom stereocenters. The molecule has 18 heavy (non-hydrogen) atoms. The summed E-state index contributed by atoms with van der Waals surface area (Å²) in [5.74, 6) is 0. The summed E-state index contributed by atoms with van der Waals surface area (Å²) >= 11 is 7.97. The normalized spacial score (nSPS) is 11.6. The summed E-state index contributed by atoms with van der Waals surface area (Å²) in [6.07, 6.45) is 3.61. The quantitative estimate of drug-likeness (QED) is 0.424. The van der Waals surface area contributed by atoms with Crippen LogP contribution in [0.3, 0.4) is 0 Å². The van der Waals surface area contributed by atoms with Crippen LogP contribution in [0.4, 0.5) is 0 Å². The van der Waals surface area contributed by atoms with Crippen molar-refractivity contribution in [2.45, 2.75) is 0 Å². The first-order chi connectivity index (χ1) is 8.84. The van der Waals surface area contributed by atoms with Crippen LogP contribution in [0.1, 0.15) is 0 Å². The summed E-state index contributed by atoms with van der Waals surface area (Å²) in [7, 11) is 0. The van der Waals surface area contributed by atoms with Gasteiger partial charge >= 0.3 is 0 Å². The standard InChI is InChI=1S/C15H8ClNS/c16-13-8-17-7-12-11-6-5-9-3-1-2-4-10(9)14(11)18-15(12)13/h1-8H. The molecule has 0 aliphatic heterocycles. The highest BCUT2D eigenvalue weighted by molar-refractivity contribution is 7.27. The lowest BCUT2D eigenvalue weighted by Gasteiger charge is -1.98. The summed E-state index contributed by atoms with van der Waals surface area (Å²) in [5.41, 5.74) is 0. The van der Waals surface area contributed by atoms with E-state index >= 15 is 0 Å². The molecule has 2 heterocycles. The van der Waals surface area contributed by atoms with Gasteiger partial charge in [-0.1, -0.05) is 48.0 Å². The molecule has 4 aromatic rings. The Hall–Kier alpha value is -1.64. The summed E-state index contributed by atoms with van der Waals surface area (Å²) in [4.78, 5) is 4.19. The Kier molecular flexibility index (Phi) is 2.10. The van der Waals surface area contributed by atoms with Gasteiger partial charge in [0.2, 0.25) is 0 Å². The molecule has 0 saturated carbocycles. The van der Waals surface area contributed by atoms with Gasteiger partial charge in [0.25, 0.3) is 0 Å². The van der Waals surface area contributed by atoms with Crippen molar-refractivity contribution in [2.75, 3.05) is 0 Å². The van der Waals surface area contributed by atoms with E-state index < -0.39 is 0 Å². The van der Waals surface area contributed by atoms with Crippen LogP contribution < -0.4 is 0 Å². The van der Waals surface area contributed by atoms with E-state index in [4.69, 9.17) is 11.6 Å². The van der Waals surface area contributed by atoms with Crippen LogP contribution in [-0.2, 0) is 0 Å². The van der Waals surface area contributed by atoms with Gasteiger partial charge in [0.05, 0.1) is 9.72 Å². The summed E-state index contributed by atoms with van der Waals surface area (Å²) in [6, 6.07) is 12.8. The van der Waals surface area contributed by atoms with Gasteiger partial charge in [-0.2, -0.15) is 0 Å². The maximum Gasteiger partial charge on any atom is 0.0767 e. The minimum Gasteiger partial charge on any atom is -0.262 e. The van der Waals surface area contributed by atoms with Gasteiger partial charge < -0.3 is 0 Å². The minimum absolute atomic E-state index is 0.734. The first-order valence-corrected chi connectivity index (χ1v) is 6.87. The molecule has 4 rings (SSSR count). The van der Waals surface area contributed by atoms with Crippen molar-refractivity contribution in [1.29, 1.82) is 0 Å². The molecule has 0 N–H and O–H groups in total. The number of fused-ring (bicyclic) bond motifs is 5. The second kappa shape index (κ2) is 3.67. The average Bonchev–Trinajstić information content (AvgIpc) is 2.79. The molecule has 0 amide bonds. The number of rotatable bonds is 0. The molecule has 0 bridgehead atoms. The first kappa shape index (κ1) is 10.3. The van der Waals surface area contributed by atoms with Crippen molar-refractivity contribution < 1.29 is 0 Å². The fourth-order valence-electron chi connectivity index (χ4n) is 2.39. The van der Waals surface area contributed by atoms with Crippen LogP contribution in [0.15, 0.2) is 48.8 Å². The van der Waals surface area contributed by atoms with Crippen molar-refractivity contribution in [2.24, 2.45) is 0 Å². The number of hydrogen-bond acceptors (Lipinski definition) is 2. The van der Waals surface area contributed by atoms with Crippen molar-refractivity contribution in [1.82, 2.24) is 4.98 Å². The average molecular weight is 270 g/mol. The molecule has 0 saturated heterocycles. The van der Waals surface area contributed by atoms with Gasteiger partial charge in [-0.3, -0.25) is 4.98 Å². The van der Waals surface area contributed by atoms with Crippen LogP contribution in [-0.4, -0.2) is 4.98 Å². The van der Waals surface area contributed by atoms with E-state index in [0.717, 1.165) is 15.1 Å². The zero-order valence-electron chi connectivity index (χ0n) is 9.35. The van der Waals surface area contributed by atoms with E-state index in [-0.39, 0.29) is 0 Å². The lowest BCUT2D eigenvalue weighted by molar-refractivity contribution is 1.37. The molecule has 0 aliphatic rings. The summed E-state index contributed by atoms with van der Waals surface area (Å²) in [6.45, 7) is 0. The molecule has 0 fully saturated rings. The zero-order chi connectivity index (χ0) is 12.1. The molecule has 0 radical (unpaired) electrons. The van der Waals surface area contributed by atoms with Gasteiger partial charge in [0, 0.05) is 27.9 Å². The Bertz CT molecular complexity index is 895. The molecular formula is C15H8ClNS. The third-order valence-electron chi connectivity index (χ3n) is 3.23. The number of pyridine rings is 1. The highest BCUT2D eigenvalue weighted by Crippen LogP contribution is 2.40. The Morgan fingerprint density at radius 3 is 2.67 bits per heavy atom. The molecule has 1 nitrogen and oxygen atoms in total. The Morgan fingerprint density at radius 1 is 0.833 bits per heavy atom. The van der Waals surface area contributed by atoms with Crippen molar-refractivity contribution in [3.63, 3.8) is 0 Å². The Morgan fingerprint density at radius 2 is 1.72 bits per heavy atom. The van der Waals surface area contributed by atoms with Crippen molar-refractivity contribution in [3.05, 3.63) is 53.8 Å². The van der Waals surface area contributed by atoms with Crippen LogP contribution in [0.2, 0.25) is 5.02 Å². The molecule has 2 aromatic carbocycles. The number of thiophene rings is 1. The van der Waals surface area contributed by atoms with E-state index in [9.17, 15) is 0 Å². The van der Waals surface area contributed by atoms with Crippen molar-refractivity contribution >= 4 is 53.9 Å². The maximum absolute atomic E-state index is 6.23. The van der Waals surface area contributed by atoms with E-state index in [2.05, 4.69) is 41.4 Å². The third kappa shape index (κ3) is 1.30. The number of nitrogens with zero attached hydrogens (tertiary/aromatic N) is 1. The van der Waals surface area contributed by atoms with Gasteiger partial charge in [-0.25, -0.2) is 0 Å². The number of halogens is 1. The second-order valence-corrected chi connectivity index (χ2v) is 5.69. The third-order valence-corrected chi connectivity index (χ3v) is 4.91. The van der Waals surface area contributed by atoms with Crippen LogP contribution >= 0.6 is 22.9 Å². The minimum atomic E-state index is 0.734. The molecule has 3 heteroatoms. The fraction of sp³-hybridized carbons (Fsp3) is 0. The fourth-order valence-corrected chi connectivity index (χ4v) is 3.87. The van der Waals surface area contributed by atoms with E-state index in [0.29, 0.717) is 0 Å². The van der Waals surface area contributed by atoms with E-state index in [1.54, 1.807) is 17.5 Å². The first-order valence-electron chi connectivity index (χ1n) is 5.68. The number of benzene rings is 2. The highest BCUT2D eigenvalue weighted by Gasteiger charge is 2.10. The molecule has 86 valence electrons. The van der Waals surface area contributed by atoms with Crippen molar-refractivity contribution in [3.8, 4) is 0 Å².